The van der Waals surface area contributed by atoms with Gasteiger partial charge in [0, 0.05) is 17.8 Å². The fourth-order valence-corrected chi connectivity index (χ4v) is 2.70. The second kappa shape index (κ2) is 9.06. The van der Waals surface area contributed by atoms with Crippen molar-refractivity contribution in [2.24, 2.45) is 0 Å². The molecule has 2 amide bonds. The van der Waals surface area contributed by atoms with Crippen molar-refractivity contribution in [3.05, 3.63) is 89.4 Å². The summed E-state index contributed by atoms with van der Waals surface area (Å²) in [5.41, 5.74) is 0.996. The number of para-hydroxylation sites is 2. The highest BCUT2D eigenvalue weighted by Gasteiger charge is 2.19. The van der Waals surface area contributed by atoms with Crippen LogP contribution in [0, 0.1) is 0 Å². The first-order valence-electron chi connectivity index (χ1n) is 8.66. The van der Waals surface area contributed by atoms with E-state index >= 15 is 0 Å². The van der Waals surface area contributed by atoms with E-state index in [0.29, 0.717) is 27.8 Å². The Hall–Kier alpha value is -3.31. The first-order chi connectivity index (χ1) is 13.5. The minimum absolute atomic E-state index is 0.0961. The third-order valence-corrected chi connectivity index (χ3v) is 4.20. The molecule has 0 saturated carbocycles. The SMILES string of the molecule is CN(CC(=O)Nc1ccc(Cl)cc1)C(=O)c1ccccc1Oc1ccccc1. The summed E-state index contributed by atoms with van der Waals surface area (Å²) in [6.45, 7) is -0.0961. The van der Waals surface area contributed by atoms with Crippen molar-refractivity contribution < 1.29 is 14.3 Å². The number of amides is 2. The lowest BCUT2D eigenvalue weighted by Crippen LogP contribution is -2.35. The number of halogens is 1. The smallest absolute Gasteiger partial charge is 0.257 e. The van der Waals surface area contributed by atoms with E-state index in [0.717, 1.165) is 0 Å². The summed E-state index contributed by atoms with van der Waals surface area (Å²) in [6, 6.07) is 22.9. The lowest BCUT2D eigenvalue weighted by Gasteiger charge is -2.19. The van der Waals surface area contributed by atoms with Gasteiger partial charge in [-0.25, -0.2) is 0 Å². The Bertz CT molecular complexity index is 959. The summed E-state index contributed by atoms with van der Waals surface area (Å²) in [5.74, 6) is 0.451. The van der Waals surface area contributed by atoms with E-state index in [1.54, 1.807) is 55.6 Å². The molecule has 0 atom stereocenters. The predicted octanol–water partition coefficient (Wildman–Crippen LogP) is 4.84. The zero-order valence-corrected chi connectivity index (χ0v) is 16.0. The summed E-state index contributed by atoms with van der Waals surface area (Å²) < 4.78 is 5.83. The maximum atomic E-state index is 12.8. The number of ether oxygens (including phenoxy) is 1. The average molecular weight is 395 g/mol. The van der Waals surface area contributed by atoms with Crippen molar-refractivity contribution in [3.8, 4) is 11.5 Å². The molecule has 0 saturated heterocycles. The maximum Gasteiger partial charge on any atom is 0.257 e. The van der Waals surface area contributed by atoms with Crippen molar-refractivity contribution in [1.29, 1.82) is 0 Å². The van der Waals surface area contributed by atoms with Crippen molar-refractivity contribution in [3.63, 3.8) is 0 Å². The van der Waals surface area contributed by atoms with Crippen LogP contribution in [0.4, 0.5) is 5.69 Å². The van der Waals surface area contributed by atoms with Crippen molar-refractivity contribution >= 4 is 29.1 Å². The number of anilines is 1. The van der Waals surface area contributed by atoms with Crippen molar-refractivity contribution in [2.75, 3.05) is 18.9 Å². The van der Waals surface area contributed by atoms with Gasteiger partial charge in [0.25, 0.3) is 5.91 Å². The van der Waals surface area contributed by atoms with Gasteiger partial charge >= 0.3 is 0 Å². The molecule has 0 aromatic heterocycles. The Morgan fingerprint density at radius 2 is 1.57 bits per heavy atom. The van der Waals surface area contributed by atoms with E-state index in [1.165, 1.54) is 4.90 Å². The van der Waals surface area contributed by atoms with Crippen LogP contribution in [0.1, 0.15) is 10.4 Å². The number of carbonyl (C=O) groups is 2. The molecular weight excluding hydrogens is 376 g/mol. The molecule has 3 aromatic carbocycles. The molecule has 6 heteroatoms. The first-order valence-corrected chi connectivity index (χ1v) is 9.03. The van der Waals surface area contributed by atoms with Gasteiger partial charge in [-0.05, 0) is 48.5 Å². The van der Waals surface area contributed by atoms with Gasteiger partial charge in [-0.3, -0.25) is 9.59 Å². The van der Waals surface area contributed by atoms with Gasteiger partial charge in [0.05, 0.1) is 12.1 Å². The molecule has 0 aliphatic rings. The molecule has 5 nitrogen and oxygen atoms in total. The molecule has 0 bridgehead atoms. The number of carbonyl (C=O) groups excluding carboxylic acids is 2. The molecule has 1 N–H and O–H groups in total. The predicted molar refractivity (Wildman–Crippen MR) is 110 cm³/mol. The third kappa shape index (κ3) is 5.11. The van der Waals surface area contributed by atoms with Gasteiger partial charge in [-0.2, -0.15) is 0 Å². The van der Waals surface area contributed by atoms with Crippen LogP contribution in [0.2, 0.25) is 5.02 Å². The largest absolute Gasteiger partial charge is 0.457 e. The zero-order valence-electron chi connectivity index (χ0n) is 15.3. The van der Waals surface area contributed by atoms with Crippen molar-refractivity contribution in [1.82, 2.24) is 4.90 Å². The molecule has 0 fully saturated rings. The number of hydrogen-bond donors (Lipinski definition) is 1. The Kier molecular flexibility index (Phi) is 6.29. The molecule has 0 aliphatic heterocycles. The van der Waals surface area contributed by atoms with Crippen LogP contribution in [0.3, 0.4) is 0 Å². The van der Waals surface area contributed by atoms with E-state index in [-0.39, 0.29) is 18.4 Å². The van der Waals surface area contributed by atoms with Crippen LogP contribution < -0.4 is 10.1 Å². The highest BCUT2D eigenvalue weighted by molar-refractivity contribution is 6.30. The fourth-order valence-electron chi connectivity index (χ4n) is 2.57. The normalized spacial score (nSPS) is 10.2. The quantitative estimate of drug-likeness (QED) is 0.650. The second-order valence-electron chi connectivity index (χ2n) is 6.13. The summed E-state index contributed by atoms with van der Waals surface area (Å²) in [7, 11) is 1.57. The van der Waals surface area contributed by atoms with Crippen LogP contribution in [0.25, 0.3) is 0 Å². The first kappa shape index (κ1) is 19.5. The molecule has 0 aliphatic carbocycles. The Morgan fingerprint density at radius 3 is 2.29 bits per heavy atom. The highest BCUT2D eigenvalue weighted by Crippen LogP contribution is 2.26. The Morgan fingerprint density at radius 1 is 0.929 bits per heavy atom. The molecular formula is C22H19ClN2O3. The van der Waals surface area contributed by atoms with Crippen LogP contribution in [-0.4, -0.2) is 30.3 Å². The fraction of sp³-hybridized carbons (Fsp3) is 0.0909. The topological polar surface area (TPSA) is 58.6 Å². The zero-order chi connectivity index (χ0) is 19.9. The monoisotopic (exact) mass is 394 g/mol. The number of hydrogen-bond acceptors (Lipinski definition) is 3. The molecule has 3 rings (SSSR count). The van der Waals surface area contributed by atoms with Crippen LogP contribution in [0.15, 0.2) is 78.9 Å². The minimum atomic E-state index is -0.308. The lowest BCUT2D eigenvalue weighted by molar-refractivity contribution is -0.116. The van der Waals surface area contributed by atoms with Gasteiger partial charge in [0.2, 0.25) is 5.91 Å². The van der Waals surface area contributed by atoms with Gasteiger partial charge in [-0.1, -0.05) is 41.9 Å². The van der Waals surface area contributed by atoms with Gasteiger partial charge in [0.15, 0.2) is 0 Å². The molecule has 0 heterocycles. The molecule has 0 unspecified atom stereocenters. The third-order valence-electron chi connectivity index (χ3n) is 3.94. The van der Waals surface area contributed by atoms with Gasteiger partial charge < -0.3 is 15.0 Å². The van der Waals surface area contributed by atoms with Gasteiger partial charge in [0.1, 0.15) is 11.5 Å². The van der Waals surface area contributed by atoms with E-state index in [9.17, 15) is 9.59 Å². The summed E-state index contributed by atoms with van der Waals surface area (Å²) in [6.07, 6.45) is 0. The molecule has 3 aromatic rings. The van der Waals surface area contributed by atoms with Crippen LogP contribution in [0.5, 0.6) is 11.5 Å². The second-order valence-corrected chi connectivity index (χ2v) is 6.56. The molecule has 142 valence electrons. The number of nitrogens with zero attached hydrogens (tertiary/aromatic N) is 1. The van der Waals surface area contributed by atoms with Crippen molar-refractivity contribution in [2.45, 2.75) is 0 Å². The summed E-state index contributed by atoms with van der Waals surface area (Å²) in [5, 5.41) is 3.32. The van der Waals surface area contributed by atoms with Crippen LogP contribution >= 0.6 is 11.6 Å². The number of rotatable bonds is 6. The average Bonchev–Trinajstić information content (AvgIpc) is 2.70. The van der Waals surface area contributed by atoms with E-state index in [2.05, 4.69) is 5.32 Å². The summed E-state index contributed by atoms with van der Waals surface area (Å²) in [4.78, 5) is 26.4. The Balaban J connectivity index is 1.67. The van der Waals surface area contributed by atoms with E-state index in [4.69, 9.17) is 16.3 Å². The molecule has 28 heavy (non-hydrogen) atoms. The highest BCUT2D eigenvalue weighted by atomic mass is 35.5. The minimum Gasteiger partial charge on any atom is -0.457 e. The number of benzene rings is 3. The van der Waals surface area contributed by atoms with Crippen LogP contribution in [-0.2, 0) is 4.79 Å². The van der Waals surface area contributed by atoms with E-state index < -0.39 is 0 Å². The molecule has 0 spiro atoms. The lowest BCUT2D eigenvalue weighted by atomic mass is 10.1. The maximum absolute atomic E-state index is 12.8. The molecule has 0 radical (unpaired) electrons. The Labute approximate surface area is 168 Å². The van der Waals surface area contributed by atoms with E-state index in [1.807, 2.05) is 30.3 Å². The number of likely N-dealkylation sites (N-methyl/N-ethyl adjacent to an activating group) is 1. The number of nitrogens with one attached hydrogen (secondary N) is 1. The summed E-state index contributed by atoms with van der Waals surface area (Å²) >= 11 is 5.84. The van der Waals surface area contributed by atoms with Gasteiger partial charge in [-0.15, -0.1) is 0 Å². The standard InChI is InChI=1S/C22H19ClN2O3/c1-25(15-21(26)24-17-13-11-16(23)12-14-17)22(27)19-9-5-6-10-20(19)28-18-7-3-2-4-8-18/h2-14H,15H2,1H3,(H,24,26).